The molecule has 0 aliphatic heterocycles. The summed E-state index contributed by atoms with van der Waals surface area (Å²) < 4.78 is 5.00. The summed E-state index contributed by atoms with van der Waals surface area (Å²) in [6, 6.07) is 17.1. The molecule has 0 spiro atoms. The average molecular weight is 376 g/mol. The molecule has 1 aromatic heterocycles. The van der Waals surface area contributed by atoms with Crippen LogP contribution in [0.4, 0.5) is 23.0 Å². The van der Waals surface area contributed by atoms with Gasteiger partial charge < -0.3 is 15.4 Å². The predicted octanol–water partition coefficient (Wildman–Crippen LogP) is 5.01. The Morgan fingerprint density at radius 1 is 0.964 bits per heavy atom. The van der Waals surface area contributed by atoms with Gasteiger partial charge in [0.05, 0.1) is 12.2 Å². The number of para-hydroxylation sites is 1. The molecule has 2 aromatic carbocycles. The lowest BCUT2D eigenvalue weighted by Gasteiger charge is -2.13. The van der Waals surface area contributed by atoms with Crippen LogP contribution < -0.4 is 10.6 Å². The van der Waals surface area contributed by atoms with Crippen molar-refractivity contribution in [3.8, 4) is 0 Å². The van der Waals surface area contributed by atoms with Crippen molar-refractivity contribution < 1.29 is 9.53 Å². The zero-order valence-electron chi connectivity index (χ0n) is 16.3. The van der Waals surface area contributed by atoms with Crippen molar-refractivity contribution in [2.45, 2.75) is 27.2 Å². The number of benzene rings is 2. The third kappa shape index (κ3) is 4.85. The number of rotatable bonds is 7. The second-order valence-electron chi connectivity index (χ2n) is 6.24. The van der Waals surface area contributed by atoms with E-state index in [2.05, 4.69) is 33.6 Å². The van der Waals surface area contributed by atoms with Gasteiger partial charge in [-0.1, -0.05) is 25.1 Å². The van der Waals surface area contributed by atoms with Gasteiger partial charge in [0, 0.05) is 17.4 Å². The van der Waals surface area contributed by atoms with E-state index in [-0.39, 0.29) is 5.97 Å². The van der Waals surface area contributed by atoms with Crippen molar-refractivity contribution in [3.05, 3.63) is 71.5 Å². The van der Waals surface area contributed by atoms with E-state index in [9.17, 15) is 4.79 Å². The molecule has 6 nitrogen and oxygen atoms in total. The number of aryl methyl sites for hydroxylation is 2. The van der Waals surface area contributed by atoms with Gasteiger partial charge in [-0.05, 0) is 56.2 Å². The summed E-state index contributed by atoms with van der Waals surface area (Å²) in [6.07, 6.45) is 0.936. The van der Waals surface area contributed by atoms with Crippen LogP contribution in [0.1, 0.15) is 35.6 Å². The van der Waals surface area contributed by atoms with Crippen LogP contribution in [0.15, 0.2) is 54.6 Å². The van der Waals surface area contributed by atoms with E-state index < -0.39 is 0 Å². The Bertz CT molecular complexity index is 955. The van der Waals surface area contributed by atoms with Crippen LogP contribution in [0.25, 0.3) is 0 Å². The highest BCUT2D eigenvalue weighted by molar-refractivity contribution is 5.89. The molecule has 28 heavy (non-hydrogen) atoms. The molecule has 0 saturated carbocycles. The van der Waals surface area contributed by atoms with Gasteiger partial charge in [-0.15, -0.1) is 0 Å². The monoisotopic (exact) mass is 376 g/mol. The summed E-state index contributed by atoms with van der Waals surface area (Å²) in [5.41, 5.74) is 3.60. The van der Waals surface area contributed by atoms with Gasteiger partial charge in [0.1, 0.15) is 17.5 Å². The third-order valence-electron chi connectivity index (χ3n) is 4.17. The van der Waals surface area contributed by atoms with Gasteiger partial charge in [-0.3, -0.25) is 0 Å². The zero-order valence-corrected chi connectivity index (χ0v) is 16.3. The molecule has 3 aromatic rings. The molecule has 0 saturated heterocycles. The summed E-state index contributed by atoms with van der Waals surface area (Å²) in [4.78, 5) is 20.7. The molecule has 0 fully saturated rings. The van der Waals surface area contributed by atoms with Gasteiger partial charge in [0.15, 0.2) is 0 Å². The van der Waals surface area contributed by atoms with E-state index >= 15 is 0 Å². The first-order chi connectivity index (χ1) is 13.6. The van der Waals surface area contributed by atoms with Crippen LogP contribution in [-0.4, -0.2) is 22.5 Å². The Hall–Kier alpha value is -3.41. The lowest BCUT2D eigenvalue weighted by molar-refractivity contribution is 0.0526. The summed E-state index contributed by atoms with van der Waals surface area (Å²) >= 11 is 0. The highest BCUT2D eigenvalue weighted by Crippen LogP contribution is 2.23. The fourth-order valence-electron chi connectivity index (χ4n) is 2.84. The SMILES string of the molecule is CCOC(=O)c1ccc(Nc2cc(Nc3ccccc3CC)nc(C)n2)cc1. The zero-order chi connectivity index (χ0) is 19.9. The Morgan fingerprint density at radius 3 is 2.32 bits per heavy atom. The number of hydrogen-bond donors (Lipinski definition) is 2. The highest BCUT2D eigenvalue weighted by Gasteiger charge is 2.08. The first kappa shape index (κ1) is 19.4. The number of nitrogens with zero attached hydrogens (tertiary/aromatic N) is 2. The van der Waals surface area contributed by atoms with Crippen molar-refractivity contribution >= 4 is 29.0 Å². The fourth-order valence-corrected chi connectivity index (χ4v) is 2.84. The van der Waals surface area contributed by atoms with Crippen molar-refractivity contribution in [2.24, 2.45) is 0 Å². The highest BCUT2D eigenvalue weighted by atomic mass is 16.5. The lowest BCUT2D eigenvalue weighted by Crippen LogP contribution is -2.05. The van der Waals surface area contributed by atoms with E-state index in [1.807, 2.05) is 43.3 Å². The molecule has 1 heterocycles. The molecule has 2 N–H and O–H groups in total. The van der Waals surface area contributed by atoms with Gasteiger partial charge >= 0.3 is 5.97 Å². The summed E-state index contributed by atoms with van der Waals surface area (Å²) in [7, 11) is 0. The van der Waals surface area contributed by atoms with E-state index in [4.69, 9.17) is 4.74 Å². The number of hydrogen-bond acceptors (Lipinski definition) is 6. The number of carbonyl (C=O) groups excluding carboxylic acids is 1. The Balaban J connectivity index is 1.77. The van der Waals surface area contributed by atoms with Crippen molar-refractivity contribution in [1.29, 1.82) is 0 Å². The first-order valence-electron chi connectivity index (χ1n) is 9.34. The van der Waals surface area contributed by atoms with Crippen LogP contribution in [0, 0.1) is 6.92 Å². The molecule has 0 aliphatic carbocycles. The minimum Gasteiger partial charge on any atom is -0.462 e. The molecular weight excluding hydrogens is 352 g/mol. The van der Waals surface area contributed by atoms with Crippen LogP contribution in [0.5, 0.6) is 0 Å². The van der Waals surface area contributed by atoms with Crippen molar-refractivity contribution in [3.63, 3.8) is 0 Å². The number of nitrogens with one attached hydrogen (secondary N) is 2. The topological polar surface area (TPSA) is 76.1 Å². The Morgan fingerprint density at radius 2 is 1.64 bits per heavy atom. The minimum absolute atomic E-state index is 0.326. The maximum atomic E-state index is 11.8. The van der Waals surface area contributed by atoms with Gasteiger partial charge in [-0.2, -0.15) is 0 Å². The molecule has 0 amide bonds. The fraction of sp³-hybridized carbons (Fsp3) is 0.227. The molecule has 144 valence electrons. The average Bonchev–Trinajstić information content (AvgIpc) is 2.69. The quantitative estimate of drug-likeness (QED) is 0.565. The number of anilines is 4. The first-order valence-corrected chi connectivity index (χ1v) is 9.34. The number of esters is 1. The van der Waals surface area contributed by atoms with E-state index in [1.54, 1.807) is 19.1 Å². The molecule has 0 unspecified atom stereocenters. The molecule has 3 rings (SSSR count). The smallest absolute Gasteiger partial charge is 0.338 e. The molecule has 0 radical (unpaired) electrons. The van der Waals surface area contributed by atoms with Crippen LogP contribution >= 0.6 is 0 Å². The maximum Gasteiger partial charge on any atom is 0.338 e. The molecular formula is C22H24N4O2. The van der Waals surface area contributed by atoms with E-state index in [0.29, 0.717) is 23.8 Å². The molecule has 0 aliphatic rings. The largest absolute Gasteiger partial charge is 0.462 e. The molecule has 6 heteroatoms. The Labute approximate surface area is 165 Å². The molecule has 0 atom stereocenters. The summed E-state index contributed by atoms with van der Waals surface area (Å²) in [6.45, 7) is 6.12. The van der Waals surface area contributed by atoms with E-state index in [1.165, 1.54) is 5.56 Å². The lowest BCUT2D eigenvalue weighted by atomic mass is 10.1. The van der Waals surface area contributed by atoms with Crippen LogP contribution in [-0.2, 0) is 11.2 Å². The normalized spacial score (nSPS) is 10.4. The Kier molecular flexibility index (Phi) is 6.22. The second kappa shape index (κ2) is 8.99. The van der Waals surface area contributed by atoms with Crippen LogP contribution in [0.2, 0.25) is 0 Å². The predicted molar refractivity (Wildman–Crippen MR) is 112 cm³/mol. The van der Waals surface area contributed by atoms with Crippen molar-refractivity contribution in [2.75, 3.05) is 17.2 Å². The van der Waals surface area contributed by atoms with Crippen LogP contribution in [0.3, 0.4) is 0 Å². The van der Waals surface area contributed by atoms with Gasteiger partial charge in [0.25, 0.3) is 0 Å². The van der Waals surface area contributed by atoms with Crippen molar-refractivity contribution in [1.82, 2.24) is 9.97 Å². The number of ether oxygens (including phenoxy) is 1. The number of carbonyl (C=O) groups is 1. The summed E-state index contributed by atoms with van der Waals surface area (Å²) in [5, 5.41) is 6.63. The standard InChI is InChI=1S/C22H24N4O2/c1-4-16-8-6-7-9-19(16)26-21-14-20(23-15(3)24-21)25-18-12-10-17(11-13-18)22(27)28-5-2/h6-14H,4-5H2,1-3H3,(H2,23,24,25,26). The second-order valence-corrected chi connectivity index (χ2v) is 6.24. The third-order valence-corrected chi connectivity index (χ3v) is 4.17. The molecule has 0 bridgehead atoms. The van der Waals surface area contributed by atoms with Gasteiger partial charge in [0.2, 0.25) is 0 Å². The number of aromatic nitrogens is 2. The maximum absolute atomic E-state index is 11.8. The van der Waals surface area contributed by atoms with Gasteiger partial charge in [-0.25, -0.2) is 14.8 Å². The minimum atomic E-state index is -0.326. The van der Waals surface area contributed by atoms with E-state index in [0.717, 1.165) is 23.6 Å². The summed E-state index contributed by atoms with van der Waals surface area (Å²) in [5.74, 6) is 1.73.